The molecule has 2 rings (SSSR count). The van der Waals surface area contributed by atoms with Gasteiger partial charge < -0.3 is 41.5 Å². The highest BCUT2D eigenvalue weighted by atomic mass is 16.6. The Morgan fingerprint density at radius 1 is 1.35 bits per heavy atom. The van der Waals surface area contributed by atoms with Crippen LogP contribution in [0.3, 0.4) is 0 Å². The number of primary amides is 1. The van der Waals surface area contributed by atoms with Crippen LogP contribution in [0.2, 0.25) is 0 Å². The number of nitrogens with two attached hydrogens (primary N) is 1. The van der Waals surface area contributed by atoms with Crippen LogP contribution in [0.1, 0.15) is 0 Å². The summed E-state index contributed by atoms with van der Waals surface area (Å²) in [5.74, 6) is -3.40. The van der Waals surface area contributed by atoms with Gasteiger partial charge in [-0.05, 0) is 0 Å². The fourth-order valence-corrected chi connectivity index (χ4v) is 1.48. The third-order valence-corrected chi connectivity index (χ3v) is 2.53. The van der Waals surface area contributed by atoms with Crippen molar-refractivity contribution in [3.63, 3.8) is 0 Å². The second-order valence-corrected chi connectivity index (χ2v) is 4.21. The minimum atomic E-state index is -1.44. The largest absolute Gasteiger partial charge is 0.499 e. The van der Waals surface area contributed by atoms with Crippen molar-refractivity contribution >= 4 is 23.8 Å². The number of aliphatic hydroxyl groups is 4. The number of hydrogen-bond donors (Lipinski definition) is 8. The van der Waals surface area contributed by atoms with Crippen molar-refractivity contribution in [1.82, 2.24) is 16.0 Å². The maximum absolute atomic E-state index is 10.9. The maximum atomic E-state index is 10.9. The molecule has 0 aromatic rings. The monoisotopic (exact) mass is 334 g/mol. The number of ether oxygens (including phenoxy) is 1. The first-order valence-electron chi connectivity index (χ1n) is 5.96. The predicted molar refractivity (Wildman–Crippen MR) is 68.4 cm³/mol. The van der Waals surface area contributed by atoms with Crippen LogP contribution in [0.25, 0.3) is 0 Å². The van der Waals surface area contributed by atoms with E-state index in [1.54, 1.807) is 0 Å². The van der Waals surface area contributed by atoms with Crippen LogP contribution < -0.4 is 21.7 Å². The molecule has 2 aliphatic rings. The predicted octanol–water partition coefficient (Wildman–Crippen LogP) is -3.59. The van der Waals surface area contributed by atoms with E-state index in [1.165, 1.54) is 0 Å². The topological polar surface area (TPSA) is 221 Å². The van der Waals surface area contributed by atoms with Crippen molar-refractivity contribution in [2.24, 2.45) is 5.73 Å². The van der Waals surface area contributed by atoms with Crippen molar-refractivity contribution in [1.29, 1.82) is 0 Å². The van der Waals surface area contributed by atoms with E-state index in [9.17, 15) is 19.2 Å². The minimum absolute atomic E-state index is 0.617. The first kappa shape index (κ1) is 18.0. The molecule has 0 saturated carbocycles. The van der Waals surface area contributed by atoms with Crippen LogP contribution in [0.5, 0.6) is 0 Å². The van der Waals surface area contributed by atoms with E-state index in [1.807, 2.05) is 10.6 Å². The zero-order valence-corrected chi connectivity index (χ0v) is 11.3. The summed E-state index contributed by atoms with van der Waals surface area (Å²) in [6.07, 6.45) is -3.89. The van der Waals surface area contributed by atoms with E-state index in [2.05, 4.69) is 10.1 Å². The van der Waals surface area contributed by atoms with Crippen LogP contribution in [0.15, 0.2) is 11.7 Å². The summed E-state index contributed by atoms with van der Waals surface area (Å²) in [6, 6.07) is -1.51. The molecule has 0 aliphatic carbocycles. The molecule has 5 amide bonds. The molecule has 128 valence electrons. The SMILES string of the molecule is NC(=O)NC1NC(=O)NC1=O.O=C1C(O)=C(O)OC1[C@@H](O)CO. The van der Waals surface area contributed by atoms with Gasteiger partial charge in [-0.15, -0.1) is 0 Å². The van der Waals surface area contributed by atoms with Gasteiger partial charge >= 0.3 is 18.0 Å². The maximum Gasteiger partial charge on any atom is 0.325 e. The molecule has 2 heterocycles. The Labute approximate surface area is 127 Å². The number of carbonyl (C=O) groups is 4. The second kappa shape index (κ2) is 7.28. The van der Waals surface area contributed by atoms with Crippen LogP contribution >= 0.6 is 0 Å². The molecule has 23 heavy (non-hydrogen) atoms. The molecule has 13 heteroatoms. The standard InChI is InChI=1S/C6H8O6.C4H6N4O3/c7-1-2(8)5-3(9)4(10)6(11)12-5;5-3(10)6-1-2(9)8-4(11)7-1/h2,5,7-8,10-11H,1H2;1H,(H3,5,6,10)(H2,7,8,9,11)/t2-,5?;/m0./s1. The van der Waals surface area contributed by atoms with Crippen molar-refractivity contribution in [2.75, 3.05) is 6.61 Å². The molecular weight excluding hydrogens is 320 g/mol. The zero-order chi connectivity index (χ0) is 17.7. The summed E-state index contributed by atoms with van der Waals surface area (Å²) in [5, 5.41) is 40.8. The van der Waals surface area contributed by atoms with Gasteiger partial charge in [0, 0.05) is 0 Å². The second-order valence-electron chi connectivity index (χ2n) is 4.21. The Bertz CT molecular complexity index is 561. The first-order valence-corrected chi connectivity index (χ1v) is 5.96. The summed E-state index contributed by atoms with van der Waals surface area (Å²) in [6.45, 7) is -0.684. The molecular formula is C10H14N4O9. The fraction of sp³-hybridized carbons (Fsp3) is 0.400. The van der Waals surface area contributed by atoms with Gasteiger partial charge in [0.25, 0.3) is 5.91 Å². The molecule has 13 nitrogen and oxygen atoms in total. The highest BCUT2D eigenvalue weighted by Gasteiger charge is 2.40. The number of amides is 5. The highest BCUT2D eigenvalue weighted by molar-refractivity contribution is 6.05. The lowest BCUT2D eigenvalue weighted by Crippen LogP contribution is -2.48. The number of aliphatic hydroxyl groups excluding tert-OH is 4. The van der Waals surface area contributed by atoms with Crippen LogP contribution in [-0.2, 0) is 14.3 Å². The molecule has 0 aromatic carbocycles. The molecule has 0 spiro atoms. The van der Waals surface area contributed by atoms with Crippen molar-refractivity contribution in [3.8, 4) is 0 Å². The van der Waals surface area contributed by atoms with Gasteiger partial charge in [0.2, 0.25) is 11.5 Å². The van der Waals surface area contributed by atoms with Crippen molar-refractivity contribution < 1.29 is 44.3 Å². The van der Waals surface area contributed by atoms with Crippen LogP contribution in [-0.4, -0.2) is 69.2 Å². The molecule has 2 unspecified atom stereocenters. The third-order valence-electron chi connectivity index (χ3n) is 2.53. The lowest BCUT2D eigenvalue weighted by molar-refractivity contribution is -0.131. The Balaban J connectivity index is 0.000000231. The normalized spacial score (nSPS) is 24.2. The number of urea groups is 2. The van der Waals surface area contributed by atoms with Gasteiger partial charge in [0.05, 0.1) is 6.61 Å². The number of carbonyl (C=O) groups excluding carboxylic acids is 4. The van der Waals surface area contributed by atoms with E-state index >= 15 is 0 Å². The molecule has 2 aliphatic heterocycles. The lowest BCUT2D eigenvalue weighted by atomic mass is 10.1. The van der Waals surface area contributed by atoms with E-state index < -0.39 is 60.4 Å². The number of nitrogens with one attached hydrogen (secondary N) is 3. The van der Waals surface area contributed by atoms with E-state index in [0.29, 0.717) is 0 Å². The molecule has 0 bridgehead atoms. The number of hydrogen-bond acceptors (Lipinski definition) is 9. The van der Waals surface area contributed by atoms with E-state index in [0.717, 1.165) is 0 Å². The molecule has 9 N–H and O–H groups in total. The molecule has 0 aromatic heterocycles. The third kappa shape index (κ3) is 4.45. The smallest absolute Gasteiger partial charge is 0.325 e. The van der Waals surface area contributed by atoms with Gasteiger partial charge in [-0.25, -0.2) is 9.59 Å². The minimum Gasteiger partial charge on any atom is -0.499 e. The number of rotatable bonds is 3. The Kier molecular flexibility index (Phi) is 5.69. The van der Waals surface area contributed by atoms with Crippen LogP contribution in [0.4, 0.5) is 9.59 Å². The average molecular weight is 334 g/mol. The summed E-state index contributed by atoms with van der Waals surface area (Å²) >= 11 is 0. The number of Topliss-reactive ketones (excluding diaryl/α,β-unsaturated/α-hetero) is 1. The number of ketones is 1. The molecule has 0 radical (unpaired) electrons. The molecule has 3 atom stereocenters. The number of imide groups is 1. The Morgan fingerprint density at radius 3 is 2.30 bits per heavy atom. The Hall–Kier alpha value is -3.06. The molecule has 1 saturated heterocycles. The summed E-state index contributed by atoms with van der Waals surface area (Å²) in [5.41, 5.74) is 4.70. The van der Waals surface area contributed by atoms with Crippen molar-refractivity contribution in [3.05, 3.63) is 11.7 Å². The van der Waals surface area contributed by atoms with Crippen LogP contribution in [0, 0.1) is 0 Å². The molecule has 1 fully saturated rings. The quantitative estimate of drug-likeness (QED) is 0.238. The Morgan fingerprint density at radius 2 is 1.96 bits per heavy atom. The van der Waals surface area contributed by atoms with Crippen molar-refractivity contribution in [2.45, 2.75) is 18.4 Å². The first-order chi connectivity index (χ1) is 10.7. The van der Waals surface area contributed by atoms with Gasteiger partial charge in [-0.2, -0.15) is 0 Å². The van der Waals surface area contributed by atoms with Gasteiger partial charge in [-0.3, -0.25) is 14.9 Å². The van der Waals surface area contributed by atoms with Gasteiger partial charge in [0.15, 0.2) is 12.3 Å². The zero-order valence-electron chi connectivity index (χ0n) is 11.3. The summed E-state index contributed by atoms with van der Waals surface area (Å²) in [7, 11) is 0. The summed E-state index contributed by atoms with van der Waals surface area (Å²) in [4.78, 5) is 42.1. The highest BCUT2D eigenvalue weighted by Crippen LogP contribution is 2.19. The fourth-order valence-electron chi connectivity index (χ4n) is 1.48. The van der Waals surface area contributed by atoms with E-state index in [4.69, 9.17) is 26.2 Å². The summed E-state index contributed by atoms with van der Waals surface area (Å²) < 4.78 is 4.36. The average Bonchev–Trinajstić information content (AvgIpc) is 2.92. The lowest BCUT2D eigenvalue weighted by Gasteiger charge is -2.13. The van der Waals surface area contributed by atoms with Gasteiger partial charge in [-0.1, -0.05) is 0 Å². The van der Waals surface area contributed by atoms with E-state index in [-0.39, 0.29) is 0 Å². The van der Waals surface area contributed by atoms with Gasteiger partial charge in [0.1, 0.15) is 6.10 Å².